The van der Waals surface area contributed by atoms with Gasteiger partial charge in [0.15, 0.2) is 0 Å². The summed E-state index contributed by atoms with van der Waals surface area (Å²) in [5.41, 5.74) is 0. The molecule has 0 heterocycles. The van der Waals surface area contributed by atoms with Crippen LogP contribution in [0.3, 0.4) is 0 Å². The first kappa shape index (κ1) is 12.0. The molecule has 0 aliphatic heterocycles. The standard InChI is InChI=1S/C12H25NO/c1-3-11(10-13-4-2)14-12-8-6-5-7-9-12/h11-13H,3-10H2,1-2H3. The Morgan fingerprint density at radius 1 is 1.21 bits per heavy atom. The Morgan fingerprint density at radius 2 is 1.93 bits per heavy atom. The third kappa shape index (κ3) is 4.43. The predicted molar refractivity (Wildman–Crippen MR) is 60.6 cm³/mol. The van der Waals surface area contributed by atoms with Gasteiger partial charge in [0.1, 0.15) is 0 Å². The summed E-state index contributed by atoms with van der Waals surface area (Å²) in [5.74, 6) is 0. The van der Waals surface area contributed by atoms with Crippen LogP contribution in [0.25, 0.3) is 0 Å². The van der Waals surface area contributed by atoms with Gasteiger partial charge in [-0.2, -0.15) is 0 Å². The number of hydrogen-bond donors (Lipinski definition) is 1. The molecule has 0 saturated heterocycles. The molecule has 1 saturated carbocycles. The fraction of sp³-hybridized carbons (Fsp3) is 1.00. The van der Waals surface area contributed by atoms with E-state index in [1.807, 2.05) is 0 Å². The Hall–Kier alpha value is -0.0800. The minimum absolute atomic E-state index is 0.429. The van der Waals surface area contributed by atoms with E-state index in [-0.39, 0.29) is 0 Å². The minimum Gasteiger partial charge on any atom is -0.374 e. The quantitative estimate of drug-likeness (QED) is 0.710. The van der Waals surface area contributed by atoms with E-state index >= 15 is 0 Å². The number of hydrogen-bond acceptors (Lipinski definition) is 2. The maximum absolute atomic E-state index is 6.08. The van der Waals surface area contributed by atoms with E-state index in [0.717, 1.165) is 19.5 Å². The number of nitrogens with one attached hydrogen (secondary N) is 1. The molecule has 1 aliphatic carbocycles. The lowest BCUT2D eigenvalue weighted by molar-refractivity contribution is -0.0300. The van der Waals surface area contributed by atoms with Crippen LogP contribution in [0.15, 0.2) is 0 Å². The van der Waals surface area contributed by atoms with Crippen LogP contribution in [0.1, 0.15) is 52.4 Å². The van der Waals surface area contributed by atoms with Crippen LogP contribution in [0.4, 0.5) is 0 Å². The van der Waals surface area contributed by atoms with Gasteiger partial charge in [0.25, 0.3) is 0 Å². The molecule has 0 radical (unpaired) electrons. The summed E-state index contributed by atoms with van der Waals surface area (Å²) in [5, 5.41) is 3.36. The second kappa shape index (κ2) is 7.24. The molecule has 2 nitrogen and oxygen atoms in total. The highest BCUT2D eigenvalue weighted by atomic mass is 16.5. The average Bonchev–Trinajstić information content (AvgIpc) is 2.25. The van der Waals surface area contributed by atoms with Crippen molar-refractivity contribution in [3.05, 3.63) is 0 Å². The largest absolute Gasteiger partial charge is 0.374 e. The second-order valence-electron chi connectivity index (χ2n) is 4.23. The van der Waals surface area contributed by atoms with Crippen LogP contribution in [0, 0.1) is 0 Å². The van der Waals surface area contributed by atoms with Crippen molar-refractivity contribution in [2.45, 2.75) is 64.6 Å². The summed E-state index contributed by atoms with van der Waals surface area (Å²) in [7, 11) is 0. The molecule has 2 heteroatoms. The summed E-state index contributed by atoms with van der Waals surface area (Å²) in [6, 6.07) is 0. The van der Waals surface area contributed by atoms with E-state index < -0.39 is 0 Å². The topological polar surface area (TPSA) is 21.3 Å². The van der Waals surface area contributed by atoms with Gasteiger partial charge in [-0.3, -0.25) is 0 Å². The zero-order chi connectivity index (χ0) is 10.2. The van der Waals surface area contributed by atoms with Crippen LogP contribution in [-0.2, 0) is 4.74 Å². The number of rotatable bonds is 6. The van der Waals surface area contributed by atoms with Crippen molar-refractivity contribution in [3.8, 4) is 0 Å². The Morgan fingerprint density at radius 3 is 2.50 bits per heavy atom. The molecule has 1 unspecified atom stereocenters. The molecular weight excluding hydrogens is 174 g/mol. The van der Waals surface area contributed by atoms with Gasteiger partial charge in [0.05, 0.1) is 12.2 Å². The number of likely N-dealkylation sites (N-methyl/N-ethyl adjacent to an activating group) is 1. The van der Waals surface area contributed by atoms with Crippen LogP contribution < -0.4 is 5.32 Å². The van der Waals surface area contributed by atoms with E-state index in [0.29, 0.717) is 12.2 Å². The highest BCUT2D eigenvalue weighted by Gasteiger charge is 2.17. The van der Waals surface area contributed by atoms with Gasteiger partial charge in [-0.05, 0) is 25.8 Å². The van der Waals surface area contributed by atoms with Gasteiger partial charge < -0.3 is 10.1 Å². The zero-order valence-electron chi connectivity index (χ0n) is 9.72. The van der Waals surface area contributed by atoms with E-state index in [4.69, 9.17) is 4.74 Å². The molecule has 1 aliphatic rings. The normalized spacial score (nSPS) is 21.0. The molecule has 1 N–H and O–H groups in total. The molecule has 0 aromatic heterocycles. The van der Waals surface area contributed by atoms with Crippen LogP contribution in [-0.4, -0.2) is 25.3 Å². The summed E-state index contributed by atoms with van der Waals surface area (Å²) >= 11 is 0. The van der Waals surface area contributed by atoms with Crippen molar-refractivity contribution in [2.75, 3.05) is 13.1 Å². The zero-order valence-corrected chi connectivity index (χ0v) is 9.72. The summed E-state index contributed by atoms with van der Waals surface area (Å²) < 4.78 is 6.08. The molecule has 0 aromatic rings. The monoisotopic (exact) mass is 199 g/mol. The highest BCUT2D eigenvalue weighted by Crippen LogP contribution is 2.21. The summed E-state index contributed by atoms with van der Waals surface area (Å²) in [4.78, 5) is 0. The van der Waals surface area contributed by atoms with Crippen molar-refractivity contribution in [1.29, 1.82) is 0 Å². The lowest BCUT2D eigenvalue weighted by atomic mass is 9.97. The van der Waals surface area contributed by atoms with Gasteiger partial charge in [-0.25, -0.2) is 0 Å². The van der Waals surface area contributed by atoms with E-state index in [1.165, 1.54) is 32.1 Å². The Kier molecular flexibility index (Phi) is 6.20. The van der Waals surface area contributed by atoms with Crippen LogP contribution in [0.2, 0.25) is 0 Å². The van der Waals surface area contributed by atoms with E-state index in [2.05, 4.69) is 19.2 Å². The minimum atomic E-state index is 0.429. The van der Waals surface area contributed by atoms with E-state index in [9.17, 15) is 0 Å². The third-order valence-electron chi connectivity index (χ3n) is 3.01. The predicted octanol–water partition coefficient (Wildman–Crippen LogP) is 2.72. The molecule has 1 atom stereocenters. The first-order valence-corrected chi connectivity index (χ1v) is 6.23. The van der Waals surface area contributed by atoms with Crippen molar-refractivity contribution in [2.24, 2.45) is 0 Å². The fourth-order valence-corrected chi connectivity index (χ4v) is 2.07. The SMILES string of the molecule is CCNCC(CC)OC1CCCCC1. The van der Waals surface area contributed by atoms with Crippen LogP contribution in [0.5, 0.6) is 0 Å². The molecule has 0 aromatic carbocycles. The molecule has 0 bridgehead atoms. The Balaban J connectivity index is 2.16. The molecule has 0 amide bonds. The average molecular weight is 199 g/mol. The Labute approximate surface area is 88.4 Å². The molecule has 1 fully saturated rings. The van der Waals surface area contributed by atoms with Gasteiger partial charge in [-0.1, -0.05) is 33.1 Å². The lowest BCUT2D eigenvalue weighted by Crippen LogP contribution is -2.32. The lowest BCUT2D eigenvalue weighted by Gasteiger charge is -2.27. The first-order valence-electron chi connectivity index (χ1n) is 6.23. The van der Waals surface area contributed by atoms with Crippen molar-refractivity contribution in [3.63, 3.8) is 0 Å². The van der Waals surface area contributed by atoms with Crippen molar-refractivity contribution in [1.82, 2.24) is 5.32 Å². The summed E-state index contributed by atoms with van der Waals surface area (Å²) in [6.45, 7) is 6.42. The fourth-order valence-electron chi connectivity index (χ4n) is 2.07. The smallest absolute Gasteiger partial charge is 0.0700 e. The molecule has 14 heavy (non-hydrogen) atoms. The van der Waals surface area contributed by atoms with Crippen LogP contribution >= 0.6 is 0 Å². The first-order chi connectivity index (χ1) is 6.86. The molecule has 1 rings (SSSR count). The van der Waals surface area contributed by atoms with Gasteiger partial charge >= 0.3 is 0 Å². The summed E-state index contributed by atoms with van der Waals surface area (Å²) in [6.07, 6.45) is 8.80. The van der Waals surface area contributed by atoms with Gasteiger partial charge in [0.2, 0.25) is 0 Å². The van der Waals surface area contributed by atoms with Gasteiger partial charge in [-0.15, -0.1) is 0 Å². The highest BCUT2D eigenvalue weighted by molar-refractivity contribution is 4.69. The van der Waals surface area contributed by atoms with Gasteiger partial charge in [0, 0.05) is 6.54 Å². The Bertz CT molecular complexity index is 132. The maximum atomic E-state index is 6.08. The third-order valence-corrected chi connectivity index (χ3v) is 3.01. The molecular formula is C12H25NO. The molecule has 0 spiro atoms. The number of ether oxygens (including phenoxy) is 1. The van der Waals surface area contributed by atoms with Crippen molar-refractivity contribution >= 4 is 0 Å². The second-order valence-corrected chi connectivity index (χ2v) is 4.23. The van der Waals surface area contributed by atoms with E-state index in [1.54, 1.807) is 0 Å². The van der Waals surface area contributed by atoms with Crippen molar-refractivity contribution < 1.29 is 4.74 Å². The molecule has 84 valence electrons. The maximum Gasteiger partial charge on any atom is 0.0700 e.